The second kappa shape index (κ2) is 6.31. The molecule has 1 aromatic rings. The number of sulfonamides is 1. The summed E-state index contributed by atoms with van der Waals surface area (Å²) in [5.41, 5.74) is 1.13. The highest BCUT2D eigenvalue weighted by Gasteiger charge is 2.16. The summed E-state index contributed by atoms with van der Waals surface area (Å²) in [7, 11) is -3.53. The number of aliphatic hydroxyl groups is 1. The molecule has 0 heterocycles. The summed E-state index contributed by atoms with van der Waals surface area (Å²) in [5, 5.41) is 8.87. The van der Waals surface area contributed by atoms with Crippen molar-refractivity contribution < 1.29 is 13.5 Å². The highest BCUT2D eigenvalue weighted by Crippen LogP contribution is 2.20. The van der Waals surface area contributed by atoms with E-state index in [0.29, 0.717) is 5.92 Å². The van der Waals surface area contributed by atoms with Gasteiger partial charge in [-0.15, -0.1) is 0 Å². The zero-order valence-corrected chi connectivity index (χ0v) is 11.9. The van der Waals surface area contributed by atoms with Crippen molar-refractivity contribution in [3.63, 3.8) is 0 Å². The summed E-state index contributed by atoms with van der Waals surface area (Å²) in [6.07, 6.45) is 1.02. The van der Waals surface area contributed by atoms with Crippen LogP contribution in [0.3, 0.4) is 0 Å². The van der Waals surface area contributed by atoms with Gasteiger partial charge >= 0.3 is 0 Å². The fraction of sp³-hybridized carbons (Fsp3) is 0.538. The normalized spacial score (nSPS) is 15.3. The Hall–Kier alpha value is -0.910. The predicted molar refractivity (Wildman–Crippen MR) is 72.0 cm³/mol. The summed E-state index contributed by atoms with van der Waals surface area (Å²) in [6.45, 7) is 5.60. The van der Waals surface area contributed by atoms with Crippen molar-refractivity contribution in [2.45, 2.75) is 44.0 Å². The number of hydrogen-bond acceptors (Lipinski definition) is 3. The molecule has 0 saturated carbocycles. The summed E-state index contributed by atoms with van der Waals surface area (Å²) < 4.78 is 26.3. The van der Waals surface area contributed by atoms with Crippen LogP contribution in [0.2, 0.25) is 0 Å². The molecule has 18 heavy (non-hydrogen) atoms. The van der Waals surface area contributed by atoms with Crippen LogP contribution in [0, 0.1) is 0 Å². The van der Waals surface area contributed by atoms with Gasteiger partial charge in [-0.2, -0.15) is 0 Å². The topological polar surface area (TPSA) is 66.4 Å². The minimum atomic E-state index is -3.53. The quantitative estimate of drug-likeness (QED) is 0.830. The standard InChI is InChI=1S/C13H21NO3S/c1-4-10(2)12-5-7-13(8-6-12)18(16,17)14-11(3)9-15/h5-8,10-11,14-15H,4,9H2,1-3H3. The van der Waals surface area contributed by atoms with E-state index in [-0.39, 0.29) is 11.5 Å². The van der Waals surface area contributed by atoms with Crippen molar-refractivity contribution >= 4 is 10.0 Å². The molecule has 0 aliphatic carbocycles. The van der Waals surface area contributed by atoms with E-state index < -0.39 is 16.1 Å². The van der Waals surface area contributed by atoms with Gasteiger partial charge in [-0.3, -0.25) is 0 Å². The molecule has 1 aromatic carbocycles. The lowest BCUT2D eigenvalue weighted by Gasteiger charge is -2.13. The first-order valence-electron chi connectivity index (χ1n) is 6.13. The monoisotopic (exact) mass is 271 g/mol. The fourth-order valence-corrected chi connectivity index (χ4v) is 2.82. The Bertz CT molecular complexity index is 468. The smallest absolute Gasteiger partial charge is 0.240 e. The third-order valence-electron chi connectivity index (χ3n) is 3.00. The molecule has 2 unspecified atom stereocenters. The molecule has 5 heteroatoms. The number of rotatable bonds is 6. The molecule has 0 fully saturated rings. The van der Waals surface area contributed by atoms with Crippen LogP contribution < -0.4 is 4.72 Å². The van der Waals surface area contributed by atoms with Crippen LogP contribution in [0.5, 0.6) is 0 Å². The molecule has 0 bridgehead atoms. The van der Waals surface area contributed by atoms with E-state index in [0.717, 1.165) is 12.0 Å². The van der Waals surface area contributed by atoms with Gasteiger partial charge in [0.25, 0.3) is 0 Å². The van der Waals surface area contributed by atoms with Gasteiger partial charge in [0.05, 0.1) is 11.5 Å². The van der Waals surface area contributed by atoms with Crippen molar-refractivity contribution in [1.29, 1.82) is 0 Å². The molecular weight excluding hydrogens is 250 g/mol. The van der Waals surface area contributed by atoms with Crippen molar-refractivity contribution in [1.82, 2.24) is 4.72 Å². The average Bonchev–Trinajstić information content (AvgIpc) is 2.37. The highest BCUT2D eigenvalue weighted by molar-refractivity contribution is 7.89. The molecule has 4 nitrogen and oxygen atoms in total. The number of hydrogen-bond donors (Lipinski definition) is 2. The van der Waals surface area contributed by atoms with Crippen LogP contribution in [-0.4, -0.2) is 26.2 Å². The Labute approximate surface area is 109 Å². The maximum Gasteiger partial charge on any atom is 0.240 e. The Balaban J connectivity index is 2.91. The molecule has 0 saturated heterocycles. The molecule has 102 valence electrons. The predicted octanol–water partition coefficient (Wildman–Crippen LogP) is 1.86. The highest BCUT2D eigenvalue weighted by atomic mass is 32.2. The molecule has 0 aliphatic rings. The van der Waals surface area contributed by atoms with Gasteiger partial charge in [0.15, 0.2) is 0 Å². The third kappa shape index (κ3) is 3.80. The molecule has 0 aromatic heterocycles. The fourth-order valence-electron chi connectivity index (χ4n) is 1.58. The lowest BCUT2D eigenvalue weighted by molar-refractivity contribution is 0.265. The summed E-state index contributed by atoms with van der Waals surface area (Å²) in [5.74, 6) is 0.422. The van der Waals surface area contributed by atoms with Gasteiger partial charge in [0.2, 0.25) is 10.0 Å². The Morgan fingerprint density at radius 2 is 1.78 bits per heavy atom. The summed E-state index contributed by atoms with van der Waals surface area (Å²) in [4.78, 5) is 0.231. The lowest BCUT2D eigenvalue weighted by atomic mass is 9.99. The van der Waals surface area contributed by atoms with E-state index >= 15 is 0 Å². The Morgan fingerprint density at radius 3 is 2.22 bits per heavy atom. The van der Waals surface area contributed by atoms with Crippen LogP contribution in [-0.2, 0) is 10.0 Å². The molecule has 2 N–H and O–H groups in total. The first-order chi connectivity index (χ1) is 8.40. The average molecular weight is 271 g/mol. The number of aliphatic hydroxyl groups excluding tert-OH is 1. The van der Waals surface area contributed by atoms with E-state index in [1.807, 2.05) is 12.1 Å². The van der Waals surface area contributed by atoms with Crippen LogP contribution in [0.4, 0.5) is 0 Å². The second-order valence-electron chi connectivity index (χ2n) is 4.58. The van der Waals surface area contributed by atoms with Crippen molar-refractivity contribution in [3.8, 4) is 0 Å². The van der Waals surface area contributed by atoms with E-state index in [2.05, 4.69) is 18.6 Å². The minimum Gasteiger partial charge on any atom is -0.395 e. The van der Waals surface area contributed by atoms with Gasteiger partial charge in [-0.05, 0) is 37.0 Å². The van der Waals surface area contributed by atoms with Gasteiger partial charge in [-0.25, -0.2) is 13.1 Å². The van der Waals surface area contributed by atoms with Crippen LogP contribution in [0.25, 0.3) is 0 Å². The first kappa shape index (κ1) is 15.1. The zero-order chi connectivity index (χ0) is 13.8. The maximum atomic E-state index is 11.9. The molecule has 1 rings (SSSR count). The molecular formula is C13H21NO3S. The van der Waals surface area contributed by atoms with Crippen molar-refractivity contribution in [3.05, 3.63) is 29.8 Å². The van der Waals surface area contributed by atoms with Crippen LogP contribution in [0.1, 0.15) is 38.7 Å². The van der Waals surface area contributed by atoms with Gasteiger partial charge in [-0.1, -0.05) is 26.0 Å². The summed E-state index contributed by atoms with van der Waals surface area (Å²) >= 11 is 0. The molecule has 0 amide bonds. The van der Waals surface area contributed by atoms with E-state index in [9.17, 15) is 8.42 Å². The van der Waals surface area contributed by atoms with Crippen molar-refractivity contribution in [2.24, 2.45) is 0 Å². The SMILES string of the molecule is CCC(C)c1ccc(S(=O)(=O)NC(C)CO)cc1. The van der Waals surface area contributed by atoms with Crippen LogP contribution in [0.15, 0.2) is 29.2 Å². The minimum absolute atomic E-state index is 0.218. The van der Waals surface area contributed by atoms with E-state index in [1.54, 1.807) is 19.1 Å². The first-order valence-corrected chi connectivity index (χ1v) is 7.62. The van der Waals surface area contributed by atoms with Gasteiger partial charge in [0, 0.05) is 6.04 Å². The second-order valence-corrected chi connectivity index (χ2v) is 6.30. The van der Waals surface area contributed by atoms with Crippen molar-refractivity contribution in [2.75, 3.05) is 6.61 Å². The third-order valence-corrected chi connectivity index (χ3v) is 4.61. The van der Waals surface area contributed by atoms with Crippen LogP contribution >= 0.6 is 0 Å². The van der Waals surface area contributed by atoms with E-state index in [4.69, 9.17) is 5.11 Å². The zero-order valence-electron chi connectivity index (χ0n) is 11.1. The largest absolute Gasteiger partial charge is 0.395 e. The molecule has 0 radical (unpaired) electrons. The molecule has 2 atom stereocenters. The number of benzene rings is 1. The number of nitrogens with one attached hydrogen (secondary N) is 1. The Kier molecular flexibility index (Phi) is 5.31. The van der Waals surface area contributed by atoms with Gasteiger partial charge in [0.1, 0.15) is 0 Å². The summed E-state index contributed by atoms with van der Waals surface area (Å²) in [6, 6.07) is 6.41. The van der Waals surface area contributed by atoms with Gasteiger partial charge < -0.3 is 5.11 Å². The van der Waals surface area contributed by atoms with E-state index in [1.165, 1.54) is 0 Å². The lowest BCUT2D eigenvalue weighted by Crippen LogP contribution is -2.34. The maximum absolute atomic E-state index is 11.9. The Morgan fingerprint density at radius 1 is 1.22 bits per heavy atom. The molecule has 0 spiro atoms. The molecule has 0 aliphatic heterocycles.